The predicted molar refractivity (Wildman–Crippen MR) is 121 cm³/mol. The topological polar surface area (TPSA) is 182 Å². The van der Waals surface area contributed by atoms with Gasteiger partial charge in [0.1, 0.15) is 12.1 Å². The van der Waals surface area contributed by atoms with E-state index in [0.717, 1.165) is 18.5 Å². The number of rotatable bonds is 7. The van der Waals surface area contributed by atoms with Gasteiger partial charge < -0.3 is 25.6 Å². The first kappa shape index (κ1) is 24.8. The van der Waals surface area contributed by atoms with E-state index in [9.17, 15) is 19.5 Å². The standard InChI is InChI=1S/C22H32N8O5/c1-21(2,3)15(30-10-13(26-28-30)11-6-7-11)19(34)29-9-12(31)8-14(29)17(33)25-22(4,5)20-24-18(16(23)32)35-27-20/h10-12,14-15,31H,6-9H2,1-5H3,(H2,23,32)(H,25,33)/t12-,14+,15-/m1/s1. The Kier molecular flexibility index (Phi) is 6.16. The number of β-amino-alcohol motifs (C(OH)–C–C–N with tert-alkyl or cyclic N) is 1. The van der Waals surface area contributed by atoms with E-state index in [1.54, 1.807) is 18.5 Å². The first-order chi connectivity index (χ1) is 16.3. The third kappa shape index (κ3) is 5.04. The zero-order valence-corrected chi connectivity index (χ0v) is 20.6. The van der Waals surface area contributed by atoms with Gasteiger partial charge >= 0.3 is 11.8 Å². The number of hydrogen-bond acceptors (Lipinski definition) is 9. The molecule has 1 aliphatic heterocycles. The fourth-order valence-electron chi connectivity index (χ4n) is 4.35. The summed E-state index contributed by atoms with van der Waals surface area (Å²) >= 11 is 0. The Hall–Kier alpha value is -3.35. The lowest BCUT2D eigenvalue weighted by molar-refractivity contribution is -0.144. The van der Waals surface area contributed by atoms with Crippen molar-refractivity contribution >= 4 is 17.7 Å². The molecule has 2 aromatic rings. The quantitative estimate of drug-likeness (QED) is 0.491. The molecule has 4 rings (SSSR count). The summed E-state index contributed by atoms with van der Waals surface area (Å²) < 4.78 is 6.40. The van der Waals surface area contributed by atoms with Gasteiger partial charge in [-0.2, -0.15) is 4.98 Å². The highest BCUT2D eigenvalue weighted by atomic mass is 16.5. The maximum atomic E-state index is 13.8. The second kappa shape index (κ2) is 8.70. The Morgan fingerprint density at radius 2 is 1.91 bits per heavy atom. The number of nitrogens with one attached hydrogen (secondary N) is 1. The van der Waals surface area contributed by atoms with Crippen molar-refractivity contribution in [2.75, 3.05) is 6.54 Å². The number of hydrogen-bond donors (Lipinski definition) is 3. The highest BCUT2D eigenvalue weighted by Gasteiger charge is 2.46. The van der Waals surface area contributed by atoms with E-state index in [0.29, 0.717) is 5.92 Å². The van der Waals surface area contributed by atoms with Crippen LogP contribution >= 0.6 is 0 Å². The minimum absolute atomic E-state index is 0.0160. The van der Waals surface area contributed by atoms with E-state index in [-0.39, 0.29) is 30.6 Å². The molecule has 2 aromatic heterocycles. The molecular formula is C22H32N8O5. The van der Waals surface area contributed by atoms with Crippen LogP contribution in [0.15, 0.2) is 10.7 Å². The molecule has 0 unspecified atom stereocenters. The molecule has 3 heterocycles. The number of carbonyl (C=O) groups excluding carboxylic acids is 3. The van der Waals surface area contributed by atoms with Gasteiger partial charge in [0.25, 0.3) is 0 Å². The first-order valence-corrected chi connectivity index (χ1v) is 11.6. The van der Waals surface area contributed by atoms with Gasteiger partial charge in [-0.15, -0.1) is 5.10 Å². The monoisotopic (exact) mass is 488 g/mol. The van der Waals surface area contributed by atoms with Gasteiger partial charge in [-0.25, -0.2) is 4.68 Å². The SMILES string of the molecule is CC(C)(NC(=O)[C@@H]1C[C@@H](O)CN1C(=O)[C@@H](n1cc(C2CC2)nn1)C(C)(C)C)c1noc(C(N)=O)n1. The molecule has 2 aliphatic rings. The summed E-state index contributed by atoms with van der Waals surface area (Å²) in [5.41, 5.74) is 4.36. The van der Waals surface area contributed by atoms with Crippen LogP contribution in [0.25, 0.3) is 0 Å². The van der Waals surface area contributed by atoms with Crippen LogP contribution in [-0.4, -0.2) is 71.6 Å². The second-order valence-electron chi connectivity index (χ2n) is 11.0. The molecule has 1 saturated carbocycles. The lowest BCUT2D eigenvalue weighted by atomic mass is 9.85. The largest absolute Gasteiger partial charge is 0.391 e. The summed E-state index contributed by atoms with van der Waals surface area (Å²) in [6.45, 7) is 9.04. The summed E-state index contributed by atoms with van der Waals surface area (Å²) in [4.78, 5) is 43.8. The highest BCUT2D eigenvalue weighted by Crippen LogP contribution is 2.40. The van der Waals surface area contributed by atoms with Crippen molar-refractivity contribution in [2.24, 2.45) is 11.1 Å². The Labute approximate surface area is 202 Å². The number of carbonyl (C=O) groups is 3. The number of nitrogens with zero attached hydrogens (tertiary/aromatic N) is 6. The molecule has 2 fully saturated rings. The van der Waals surface area contributed by atoms with Crippen LogP contribution in [0.5, 0.6) is 0 Å². The van der Waals surface area contributed by atoms with Crippen molar-refractivity contribution in [3.8, 4) is 0 Å². The minimum atomic E-state index is -1.13. The minimum Gasteiger partial charge on any atom is -0.391 e. The van der Waals surface area contributed by atoms with Crippen LogP contribution in [0.4, 0.5) is 0 Å². The maximum absolute atomic E-state index is 13.8. The van der Waals surface area contributed by atoms with Crippen molar-refractivity contribution in [1.29, 1.82) is 0 Å². The average Bonchev–Trinajstić information content (AvgIpc) is 3.15. The van der Waals surface area contributed by atoms with Crippen molar-refractivity contribution in [1.82, 2.24) is 35.4 Å². The molecule has 190 valence electrons. The Balaban J connectivity index is 1.56. The number of aromatic nitrogens is 5. The lowest BCUT2D eigenvalue weighted by Crippen LogP contribution is -2.53. The van der Waals surface area contributed by atoms with Crippen LogP contribution in [0.2, 0.25) is 0 Å². The smallest absolute Gasteiger partial charge is 0.315 e. The lowest BCUT2D eigenvalue weighted by Gasteiger charge is -2.35. The zero-order chi connectivity index (χ0) is 25.7. The fraction of sp³-hybridized carbons (Fsp3) is 0.682. The number of aliphatic hydroxyl groups excluding tert-OH is 1. The van der Waals surface area contributed by atoms with Crippen molar-refractivity contribution < 1.29 is 24.0 Å². The molecule has 1 aliphatic carbocycles. The average molecular weight is 489 g/mol. The van der Waals surface area contributed by atoms with Crippen LogP contribution in [0.1, 0.15) is 88.0 Å². The number of primary amides is 1. The maximum Gasteiger partial charge on any atom is 0.315 e. The summed E-state index contributed by atoms with van der Waals surface area (Å²) in [6.07, 6.45) is 3.15. The van der Waals surface area contributed by atoms with Gasteiger partial charge in [0.15, 0.2) is 5.82 Å². The number of amides is 3. The molecule has 35 heavy (non-hydrogen) atoms. The molecule has 0 spiro atoms. The third-order valence-electron chi connectivity index (χ3n) is 6.34. The predicted octanol–water partition coefficient (Wildman–Crippen LogP) is 0.238. The van der Waals surface area contributed by atoms with Crippen molar-refractivity contribution in [3.63, 3.8) is 0 Å². The summed E-state index contributed by atoms with van der Waals surface area (Å²) in [6, 6.07) is -1.64. The van der Waals surface area contributed by atoms with Crippen LogP contribution in [-0.2, 0) is 15.1 Å². The summed E-state index contributed by atoms with van der Waals surface area (Å²) in [5, 5.41) is 25.4. The molecule has 13 nitrogen and oxygen atoms in total. The van der Waals surface area contributed by atoms with E-state index < -0.39 is 41.0 Å². The van der Waals surface area contributed by atoms with E-state index in [1.165, 1.54) is 4.90 Å². The molecule has 0 radical (unpaired) electrons. The molecule has 3 amide bonds. The highest BCUT2D eigenvalue weighted by molar-refractivity contribution is 5.90. The van der Waals surface area contributed by atoms with Crippen LogP contribution in [0, 0.1) is 5.41 Å². The third-order valence-corrected chi connectivity index (χ3v) is 6.34. The van der Waals surface area contributed by atoms with E-state index in [1.807, 2.05) is 27.0 Å². The van der Waals surface area contributed by atoms with Gasteiger partial charge in [-0.05, 0) is 32.1 Å². The van der Waals surface area contributed by atoms with Crippen LogP contribution in [0.3, 0.4) is 0 Å². The molecular weight excluding hydrogens is 456 g/mol. The Morgan fingerprint density at radius 1 is 1.23 bits per heavy atom. The summed E-state index contributed by atoms with van der Waals surface area (Å²) in [5.74, 6) is -1.63. The number of nitrogens with two attached hydrogens (primary N) is 1. The molecule has 4 N–H and O–H groups in total. The second-order valence-corrected chi connectivity index (χ2v) is 11.0. The summed E-state index contributed by atoms with van der Waals surface area (Å²) in [7, 11) is 0. The number of likely N-dealkylation sites (tertiary alicyclic amines) is 1. The molecule has 3 atom stereocenters. The van der Waals surface area contributed by atoms with E-state index in [4.69, 9.17) is 10.3 Å². The Bertz CT molecular complexity index is 1130. The van der Waals surface area contributed by atoms with E-state index in [2.05, 4.69) is 25.8 Å². The molecule has 13 heteroatoms. The molecule has 0 aromatic carbocycles. The van der Waals surface area contributed by atoms with Crippen molar-refractivity contribution in [3.05, 3.63) is 23.6 Å². The normalized spacial score (nSPS) is 21.7. The van der Waals surface area contributed by atoms with Gasteiger partial charge in [0.2, 0.25) is 11.8 Å². The fourth-order valence-corrected chi connectivity index (χ4v) is 4.35. The number of aliphatic hydroxyl groups is 1. The van der Waals surface area contributed by atoms with Gasteiger partial charge in [-0.3, -0.25) is 14.4 Å². The zero-order valence-electron chi connectivity index (χ0n) is 20.6. The van der Waals surface area contributed by atoms with E-state index >= 15 is 0 Å². The Morgan fingerprint density at radius 3 is 2.49 bits per heavy atom. The molecule has 1 saturated heterocycles. The van der Waals surface area contributed by atoms with Crippen molar-refractivity contribution in [2.45, 2.75) is 83.5 Å². The molecule has 0 bridgehead atoms. The van der Waals surface area contributed by atoms with Gasteiger partial charge in [-0.1, -0.05) is 31.1 Å². The van der Waals surface area contributed by atoms with Crippen LogP contribution < -0.4 is 11.1 Å². The first-order valence-electron chi connectivity index (χ1n) is 11.6. The van der Waals surface area contributed by atoms with Gasteiger partial charge in [0.05, 0.1) is 17.3 Å². The van der Waals surface area contributed by atoms with Gasteiger partial charge in [0, 0.05) is 25.1 Å².